The summed E-state index contributed by atoms with van der Waals surface area (Å²) in [6.45, 7) is 43.1. The van der Waals surface area contributed by atoms with Crippen molar-refractivity contribution in [3.8, 4) is 0 Å². The van der Waals surface area contributed by atoms with E-state index in [1.807, 2.05) is 122 Å². The highest BCUT2D eigenvalue weighted by Crippen LogP contribution is 2.69. The van der Waals surface area contributed by atoms with Crippen molar-refractivity contribution in [1.29, 1.82) is 0 Å². The lowest BCUT2D eigenvalue weighted by atomic mass is 9.68. The largest absolute Gasteiger partial charge is 0.462 e. The van der Waals surface area contributed by atoms with E-state index in [-0.39, 0.29) is 47.8 Å². The third-order valence-electron chi connectivity index (χ3n) is 31.3. The number of hydrogen-bond donors (Lipinski definition) is 0. The van der Waals surface area contributed by atoms with Gasteiger partial charge in [-0.05, 0) is 334 Å². The Morgan fingerprint density at radius 3 is 1.31 bits per heavy atom. The van der Waals surface area contributed by atoms with Crippen molar-refractivity contribution in [3.63, 3.8) is 0 Å². The van der Waals surface area contributed by atoms with Crippen LogP contribution in [0.2, 0.25) is 0 Å². The number of fused-ring (bicyclic) bond motifs is 10. The molecule has 13 rings (SSSR count). The van der Waals surface area contributed by atoms with Gasteiger partial charge >= 0.3 is 35.8 Å². The van der Waals surface area contributed by atoms with Gasteiger partial charge in [0.2, 0.25) is 0 Å². The molecule has 11 atom stereocenters. The van der Waals surface area contributed by atoms with Crippen molar-refractivity contribution in [2.24, 2.45) is 68.5 Å². The summed E-state index contributed by atoms with van der Waals surface area (Å²) in [4.78, 5) is 87.1. The predicted octanol–water partition coefficient (Wildman–Crippen LogP) is 25.8. The molecule has 0 radical (unpaired) electrons. The Kier molecular flexibility index (Phi) is 32.1. The number of benzene rings is 3. The number of esters is 6. The van der Waals surface area contributed by atoms with Gasteiger partial charge in [0.1, 0.15) is 39.7 Å². The molecule has 0 amide bonds. The van der Waals surface area contributed by atoms with Crippen LogP contribution in [0.15, 0.2) is 102 Å². The number of aryl methyl sites for hydroxylation is 2. The third kappa shape index (κ3) is 21.2. The Bertz CT molecular complexity index is 3910. The van der Waals surface area contributed by atoms with E-state index in [9.17, 15) is 33.6 Å². The van der Waals surface area contributed by atoms with Gasteiger partial charge in [0.15, 0.2) is 0 Å². The first-order chi connectivity index (χ1) is 55.8. The second kappa shape index (κ2) is 39.7. The van der Waals surface area contributed by atoms with Crippen molar-refractivity contribution in [1.82, 2.24) is 0 Å². The fourth-order valence-electron chi connectivity index (χ4n) is 21.3. The van der Waals surface area contributed by atoms with Crippen LogP contribution < -0.4 is 0 Å². The molecule has 0 N–H and O–H groups in total. The molecule has 14 heteroatoms. The number of carbonyl (C=O) groups is 7. The maximum Gasteiger partial charge on any atom is 0.312 e. The number of ether oxygens (including phenoxy) is 7. The summed E-state index contributed by atoms with van der Waals surface area (Å²) < 4.78 is 42.8. The lowest BCUT2D eigenvalue weighted by molar-refractivity contribution is -0.180. The van der Waals surface area contributed by atoms with Crippen LogP contribution in [0.1, 0.15) is 385 Å². The number of rotatable bonds is 26. The second-order valence-corrected chi connectivity index (χ2v) is 40.9. The summed E-state index contributed by atoms with van der Waals surface area (Å²) >= 11 is 0. The van der Waals surface area contributed by atoms with Gasteiger partial charge < -0.3 is 33.2 Å². The van der Waals surface area contributed by atoms with Gasteiger partial charge in [-0.15, -0.1) is 0 Å². The van der Waals surface area contributed by atoms with Gasteiger partial charge in [-0.3, -0.25) is 33.6 Å². The van der Waals surface area contributed by atoms with Crippen molar-refractivity contribution in [2.45, 2.75) is 410 Å². The van der Waals surface area contributed by atoms with Gasteiger partial charge in [-0.25, -0.2) is 0 Å². The molecule has 14 nitrogen and oxygen atoms in total. The van der Waals surface area contributed by atoms with Gasteiger partial charge in [0, 0.05) is 30.6 Å². The Balaban J connectivity index is 0.000000169. The summed E-state index contributed by atoms with van der Waals surface area (Å²) in [5.74, 6) is 2.86. The number of hydrogen-bond acceptors (Lipinski definition) is 14. The molecule has 11 unspecified atom stereocenters. The molecule has 3 aromatic rings. The molecular weight excluding hydrogens is 1470 g/mol. The molecule has 0 spiro atoms. The first kappa shape index (κ1) is 95.3. The molecule has 9 fully saturated rings. The van der Waals surface area contributed by atoms with E-state index in [2.05, 4.69) is 108 Å². The van der Waals surface area contributed by atoms with Crippen molar-refractivity contribution >= 4 is 42.3 Å². The maximum atomic E-state index is 13.2. The van der Waals surface area contributed by atoms with E-state index >= 15 is 0 Å². The first-order valence-corrected chi connectivity index (χ1v) is 46.9. The highest BCUT2D eigenvalue weighted by molar-refractivity contribution is 5.79. The van der Waals surface area contributed by atoms with E-state index in [0.29, 0.717) is 54.8 Å². The number of allylic oxidation sites excluding steroid dienone is 2. The lowest BCUT2D eigenvalue weighted by Gasteiger charge is -2.45. The number of carbonyl (C=O) groups excluding carboxylic acids is 7. The Morgan fingerprint density at radius 1 is 0.441 bits per heavy atom. The molecule has 118 heavy (non-hydrogen) atoms. The summed E-state index contributed by atoms with van der Waals surface area (Å²) in [5.41, 5.74) is 5.29. The lowest BCUT2D eigenvalue weighted by Crippen LogP contribution is -2.50. The molecule has 9 saturated carbocycles. The molecular formula is C104H156O14. The van der Waals surface area contributed by atoms with Crippen LogP contribution in [0.3, 0.4) is 0 Å². The molecule has 656 valence electrons. The zero-order chi connectivity index (χ0) is 86.5. The Morgan fingerprint density at radius 2 is 0.881 bits per heavy atom. The molecule has 4 bridgehead atoms. The highest BCUT2D eigenvalue weighted by Gasteiger charge is 2.72. The molecule has 10 aliphatic rings. The quantitative estimate of drug-likeness (QED) is 0.0320. The fourth-order valence-corrected chi connectivity index (χ4v) is 21.3. The van der Waals surface area contributed by atoms with Crippen molar-refractivity contribution < 1.29 is 66.7 Å². The average molecular weight is 1630 g/mol. The Hall–Kier alpha value is -6.57. The normalized spacial score (nSPS) is 27.8. The second-order valence-electron chi connectivity index (χ2n) is 40.9. The topological polar surface area (TPSA) is 184 Å². The predicted molar refractivity (Wildman–Crippen MR) is 471 cm³/mol. The molecule has 3 aromatic carbocycles. The Labute approximate surface area is 712 Å². The molecule has 0 aromatic heterocycles. The van der Waals surface area contributed by atoms with Gasteiger partial charge in [0.05, 0.1) is 27.1 Å². The molecule has 0 aliphatic heterocycles. The third-order valence-corrected chi connectivity index (χ3v) is 31.3. The minimum atomic E-state index is -0.627. The van der Waals surface area contributed by atoms with Crippen LogP contribution in [0.5, 0.6) is 0 Å². The SMILES string of the molecule is CC/C(C)=C\C1(OC(=O)C(C)(C)CC)CC2(OC=O)CC1C1CCCC12.CCC(=O)OC1CC2C3CC(C2C1)C(OC(=O)C(C)(C)CC)(C1=C(C)CCC1)C3.CCC(C)(C)C(=O)OC1(c2ccc(C)cc2)CCCCC1.CCC(C)(C)C(=O)OC1(c2ccccc2)CCCCC1.CCc1ccc(C2(OC(=O)C(C)(C)CC)CCCCC2)cc1. The zero-order valence-corrected chi connectivity index (χ0v) is 77.2. The van der Waals surface area contributed by atoms with E-state index in [1.54, 1.807) is 0 Å². The fraction of sp³-hybridized carbons (Fsp3) is 0.721. The molecule has 0 heterocycles. The smallest absolute Gasteiger partial charge is 0.312 e. The van der Waals surface area contributed by atoms with Gasteiger partial charge in [0.25, 0.3) is 6.47 Å². The minimum absolute atomic E-state index is 0.0387. The first-order valence-electron chi connectivity index (χ1n) is 46.9. The minimum Gasteiger partial charge on any atom is -0.462 e. The summed E-state index contributed by atoms with van der Waals surface area (Å²) in [7, 11) is 0. The van der Waals surface area contributed by atoms with Crippen LogP contribution in [0.25, 0.3) is 0 Å². The van der Waals surface area contributed by atoms with Gasteiger partial charge in [-0.1, -0.05) is 177 Å². The molecule has 0 saturated heterocycles. The van der Waals surface area contributed by atoms with Gasteiger partial charge in [-0.2, -0.15) is 0 Å². The highest BCUT2D eigenvalue weighted by atomic mass is 16.6. The van der Waals surface area contributed by atoms with Crippen LogP contribution >= 0.6 is 0 Å². The zero-order valence-electron chi connectivity index (χ0n) is 77.2. The summed E-state index contributed by atoms with van der Waals surface area (Å²) in [5, 5.41) is 0. The van der Waals surface area contributed by atoms with Crippen LogP contribution in [-0.2, 0) is 89.9 Å². The van der Waals surface area contributed by atoms with Crippen LogP contribution in [0, 0.1) is 75.4 Å². The monoisotopic (exact) mass is 1630 g/mol. The van der Waals surface area contributed by atoms with E-state index in [1.165, 1.54) is 71.9 Å². The molecule has 10 aliphatic carbocycles. The van der Waals surface area contributed by atoms with Crippen molar-refractivity contribution in [2.75, 3.05) is 0 Å². The van der Waals surface area contributed by atoms with Crippen LogP contribution in [0.4, 0.5) is 0 Å². The average Bonchev–Trinajstić information content (AvgIpc) is 1.54. The van der Waals surface area contributed by atoms with E-state index in [4.69, 9.17) is 33.2 Å². The summed E-state index contributed by atoms with van der Waals surface area (Å²) in [6.07, 6.45) is 37.2. The van der Waals surface area contributed by atoms with Crippen LogP contribution in [-0.4, -0.2) is 65.2 Å². The van der Waals surface area contributed by atoms with E-state index < -0.39 is 60.7 Å². The van der Waals surface area contributed by atoms with E-state index in [0.717, 1.165) is 184 Å². The standard InChI is InChI=1S/C25H38O4.C22H34O4.C20H30O2.C19H28O2.C18H26O2/c1-6-22(26)28-17-12-18-16-11-21(19(18)13-17)25(14-16,20-10-8-9-15(20)3)29-23(27)24(4,5)7-2;1-6-15(3)11-22(26-19(24)20(4,5)7-2)13-21(25-14-23)12-18(22)16-9-8-10-17(16)21;1-5-16-10-12-17(13-11-16)20(14-8-7-9-15-20)22-18(21)19(3,4)6-2;1-5-18(3,4)17(20)21-19(13-7-6-8-14-19)16-11-9-15(2)10-12-16;1-4-17(2,3)16(19)20-18(13-9-6-10-14-18)15-11-7-5-8-12-15/h16-19,21H,6-14H2,1-5H3;11,14,16-18H,6-10,12-13H2,1-5H3;10-13H,5-9,14-15H2,1-4H3;9-12H,5-8,13-14H2,1-4H3;5,7-8,11-12H,4,6,9-10,13-14H2,1-3H3/b;15-11-;;;. The maximum absolute atomic E-state index is 13.2. The summed E-state index contributed by atoms with van der Waals surface area (Å²) in [6, 6.07) is 27.4. The van der Waals surface area contributed by atoms with Crippen molar-refractivity contribution in [3.05, 3.63) is 129 Å².